The van der Waals surface area contributed by atoms with Crippen LogP contribution in [0.5, 0.6) is 0 Å². The summed E-state index contributed by atoms with van der Waals surface area (Å²) in [6.07, 6.45) is 6.22. The van der Waals surface area contributed by atoms with Crippen molar-refractivity contribution in [2.24, 2.45) is 14.1 Å². The van der Waals surface area contributed by atoms with Gasteiger partial charge in [-0.2, -0.15) is 4.68 Å². The molecule has 0 spiro atoms. The van der Waals surface area contributed by atoms with Crippen LogP contribution in [-0.2, 0) is 19.6 Å². The molecule has 1 aliphatic heterocycles. The fraction of sp³-hybridized carbons (Fsp3) is 0.455. The van der Waals surface area contributed by atoms with Crippen LogP contribution in [0.4, 0.5) is 17.2 Å². The first-order valence-electron chi connectivity index (χ1n) is 9.97. The van der Waals surface area contributed by atoms with Gasteiger partial charge in [0.25, 0.3) is 0 Å². The number of aromatic nitrogens is 4. The molecule has 2 aromatic heterocycles. The third kappa shape index (κ3) is 2.54. The molecule has 0 fully saturated rings. The van der Waals surface area contributed by atoms with Crippen molar-refractivity contribution < 1.29 is 4.68 Å². The number of hydrogen-bond donors (Lipinski definition) is 0. The quantitative estimate of drug-likeness (QED) is 0.645. The third-order valence-corrected chi connectivity index (χ3v) is 5.95. The van der Waals surface area contributed by atoms with Crippen LogP contribution in [-0.4, -0.2) is 20.4 Å². The molecule has 0 saturated heterocycles. The van der Waals surface area contributed by atoms with Crippen LogP contribution in [0.3, 0.4) is 0 Å². The lowest BCUT2D eigenvalue weighted by molar-refractivity contribution is -0.744. The van der Waals surface area contributed by atoms with Gasteiger partial charge < -0.3 is 9.47 Å². The van der Waals surface area contributed by atoms with E-state index >= 15 is 0 Å². The van der Waals surface area contributed by atoms with Crippen LogP contribution in [0, 0.1) is 0 Å². The summed E-state index contributed by atoms with van der Waals surface area (Å²) < 4.78 is 6.62. The Bertz CT molecular complexity index is 996. The standard InChI is InChI=1S/C22H31N6/c1-16(2)26-14-12-20(25(26)7)27-17(3)28(19-11-9-8-10-18(19)27)22(4,5)21-23-13-15-24(21)6/h8-17H,1-7H3/q+1/t17-/m1/s1. The predicted octanol–water partition coefficient (Wildman–Crippen LogP) is 3.87. The van der Waals surface area contributed by atoms with Crippen molar-refractivity contribution >= 4 is 17.2 Å². The van der Waals surface area contributed by atoms with E-state index in [1.54, 1.807) is 0 Å². The van der Waals surface area contributed by atoms with E-state index in [0.29, 0.717) is 6.04 Å². The second-order valence-electron chi connectivity index (χ2n) is 8.45. The number of aryl methyl sites for hydroxylation is 1. The highest BCUT2D eigenvalue weighted by molar-refractivity contribution is 5.82. The smallest absolute Gasteiger partial charge is 0.303 e. The maximum atomic E-state index is 4.68. The molecule has 148 valence electrons. The number of fused-ring (bicyclic) bond motifs is 1. The van der Waals surface area contributed by atoms with Crippen LogP contribution < -0.4 is 14.5 Å². The minimum absolute atomic E-state index is 0.151. The summed E-state index contributed by atoms with van der Waals surface area (Å²) in [5.74, 6) is 2.24. The molecule has 0 aliphatic carbocycles. The van der Waals surface area contributed by atoms with Crippen molar-refractivity contribution in [1.29, 1.82) is 0 Å². The van der Waals surface area contributed by atoms with Crippen molar-refractivity contribution in [3.05, 3.63) is 54.7 Å². The highest BCUT2D eigenvalue weighted by Gasteiger charge is 2.49. The Morgan fingerprint density at radius 2 is 1.75 bits per heavy atom. The molecule has 0 amide bonds. The molecule has 6 heteroatoms. The van der Waals surface area contributed by atoms with Gasteiger partial charge in [-0.1, -0.05) is 12.1 Å². The Labute approximate surface area is 167 Å². The van der Waals surface area contributed by atoms with E-state index in [-0.39, 0.29) is 11.7 Å². The maximum Gasteiger partial charge on any atom is 0.303 e. The average molecular weight is 380 g/mol. The summed E-state index contributed by atoms with van der Waals surface area (Å²) in [5.41, 5.74) is 2.21. The lowest BCUT2D eigenvalue weighted by Gasteiger charge is -2.39. The zero-order valence-electron chi connectivity index (χ0n) is 18.0. The van der Waals surface area contributed by atoms with Gasteiger partial charge in [0, 0.05) is 25.5 Å². The summed E-state index contributed by atoms with van der Waals surface area (Å²) in [5, 5.41) is 0. The SMILES string of the molecule is CC(C)n1ccc(N2c3ccccc3N(C(C)(C)c3nccn3C)[C@@H]2C)[n+]1C. The van der Waals surface area contributed by atoms with Gasteiger partial charge in [0.15, 0.2) is 11.9 Å². The second kappa shape index (κ2) is 6.40. The molecule has 6 nitrogen and oxygen atoms in total. The summed E-state index contributed by atoms with van der Waals surface area (Å²) in [4.78, 5) is 9.59. The highest BCUT2D eigenvalue weighted by atomic mass is 15.5. The topological polar surface area (TPSA) is 33.1 Å². The normalized spacial score (nSPS) is 16.9. The number of benzene rings is 1. The van der Waals surface area contributed by atoms with E-state index in [2.05, 4.69) is 114 Å². The first-order chi connectivity index (χ1) is 13.2. The minimum atomic E-state index is -0.262. The van der Waals surface area contributed by atoms with Crippen molar-refractivity contribution in [3.63, 3.8) is 0 Å². The summed E-state index contributed by atoms with van der Waals surface area (Å²) in [6.45, 7) is 11.2. The van der Waals surface area contributed by atoms with Gasteiger partial charge >= 0.3 is 5.82 Å². The Balaban J connectivity index is 1.86. The molecular formula is C22H31N6+. The number of anilines is 3. The van der Waals surface area contributed by atoms with E-state index in [4.69, 9.17) is 0 Å². The molecule has 1 aromatic carbocycles. The molecule has 4 rings (SSSR count). The van der Waals surface area contributed by atoms with Gasteiger partial charge in [-0.3, -0.25) is 0 Å². The lowest BCUT2D eigenvalue weighted by atomic mass is 10.00. The number of nitrogens with zero attached hydrogens (tertiary/aromatic N) is 6. The van der Waals surface area contributed by atoms with Crippen molar-refractivity contribution in [3.8, 4) is 0 Å². The Hall–Kier alpha value is -2.76. The summed E-state index contributed by atoms with van der Waals surface area (Å²) >= 11 is 0. The highest BCUT2D eigenvalue weighted by Crippen LogP contribution is 2.48. The third-order valence-electron chi connectivity index (χ3n) is 5.95. The number of imidazole rings is 1. The van der Waals surface area contributed by atoms with Crippen molar-refractivity contribution in [2.45, 2.75) is 52.4 Å². The molecule has 0 radical (unpaired) electrons. The van der Waals surface area contributed by atoms with Crippen LogP contribution in [0.1, 0.15) is 46.5 Å². The molecule has 1 aliphatic rings. The van der Waals surface area contributed by atoms with Crippen LogP contribution >= 0.6 is 0 Å². The first-order valence-corrected chi connectivity index (χ1v) is 9.97. The molecule has 28 heavy (non-hydrogen) atoms. The molecule has 3 aromatic rings. The monoisotopic (exact) mass is 379 g/mol. The van der Waals surface area contributed by atoms with Crippen LogP contribution in [0.15, 0.2) is 48.9 Å². The van der Waals surface area contributed by atoms with Crippen LogP contribution in [0.2, 0.25) is 0 Å². The molecular weight excluding hydrogens is 348 g/mol. The average Bonchev–Trinajstić information content (AvgIpc) is 3.30. The predicted molar refractivity (Wildman–Crippen MR) is 113 cm³/mol. The summed E-state index contributed by atoms with van der Waals surface area (Å²) in [7, 11) is 4.20. The van der Waals surface area contributed by atoms with Crippen molar-refractivity contribution in [2.75, 3.05) is 9.80 Å². The summed E-state index contributed by atoms with van der Waals surface area (Å²) in [6, 6.07) is 11.3. The molecule has 3 heterocycles. The number of rotatable bonds is 4. The van der Waals surface area contributed by atoms with E-state index in [1.807, 2.05) is 12.4 Å². The Morgan fingerprint density at radius 1 is 1.07 bits per heavy atom. The Morgan fingerprint density at radius 3 is 2.32 bits per heavy atom. The van der Waals surface area contributed by atoms with Crippen molar-refractivity contribution in [1.82, 2.24) is 14.2 Å². The molecule has 0 N–H and O–H groups in total. The van der Waals surface area contributed by atoms with Gasteiger partial charge in [0.1, 0.15) is 12.9 Å². The zero-order valence-corrected chi connectivity index (χ0v) is 18.0. The lowest BCUT2D eigenvalue weighted by Crippen LogP contribution is -2.52. The number of para-hydroxylation sites is 2. The fourth-order valence-electron chi connectivity index (χ4n) is 4.76. The maximum absolute atomic E-state index is 4.68. The van der Waals surface area contributed by atoms with Crippen LogP contribution in [0.25, 0.3) is 0 Å². The van der Waals surface area contributed by atoms with E-state index < -0.39 is 0 Å². The van der Waals surface area contributed by atoms with E-state index in [1.165, 1.54) is 17.2 Å². The van der Waals surface area contributed by atoms with Gasteiger partial charge in [0.05, 0.1) is 23.5 Å². The molecule has 0 bridgehead atoms. The second-order valence-corrected chi connectivity index (χ2v) is 8.45. The fourth-order valence-corrected chi connectivity index (χ4v) is 4.76. The largest absolute Gasteiger partial charge is 0.336 e. The number of hydrogen-bond acceptors (Lipinski definition) is 3. The molecule has 0 saturated carbocycles. The minimum Gasteiger partial charge on any atom is -0.336 e. The Kier molecular flexibility index (Phi) is 4.25. The molecule has 0 unspecified atom stereocenters. The van der Waals surface area contributed by atoms with E-state index in [9.17, 15) is 0 Å². The van der Waals surface area contributed by atoms with Gasteiger partial charge in [-0.25, -0.2) is 14.6 Å². The zero-order chi connectivity index (χ0) is 20.2. The first kappa shape index (κ1) is 18.6. The van der Waals surface area contributed by atoms with Gasteiger partial charge in [0.2, 0.25) is 0 Å². The van der Waals surface area contributed by atoms with Gasteiger partial charge in [-0.15, -0.1) is 0 Å². The van der Waals surface area contributed by atoms with E-state index in [0.717, 1.165) is 5.82 Å². The molecule has 1 atom stereocenters. The van der Waals surface area contributed by atoms with Gasteiger partial charge in [-0.05, 0) is 46.8 Å².